The molecule has 0 aliphatic carbocycles. The summed E-state index contributed by atoms with van der Waals surface area (Å²) in [5.74, 6) is 0. The summed E-state index contributed by atoms with van der Waals surface area (Å²) in [6.07, 6.45) is -1.32. The van der Waals surface area contributed by atoms with Gasteiger partial charge in [-0.05, 0) is 20.8 Å². The third-order valence-electron chi connectivity index (χ3n) is 2.72. The van der Waals surface area contributed by atoms with E-state index in [1.807, 2.05) is 9.80 Å². The van der Waals surface area contributed by atoms with Crippen LogP contribution < -0.4 is 0 Å². The second-order valence-electron chi connectivity index (χ2n) is 5.33. The quantitative estimate of drug-likeness (QED) is 0.377. The van der Waals surface area contributed by atoms with Crippen LogP contribution in [0.1, 0.15) is 20.8 Å². The van der Waals surface area contributed by atoms with Gasteiger partial charge in [0.25, 0.3) is 0 Å². The highest BCUT2D eigenvalue weighted by atomic mass is 16.3. The van der Waals surface area contributed by atoms with E-state index in [1.165, 1.54) is 0 Å². The topological polar surface area (TPSA) is 87.4 Å². The van der Waals surface area contributed by atoms with Gasteiger partial charge >= 0.3 is 0 Å². The van der Waals surface area contributed by atoms with Crippen LogP contribution in [-0.2, 0) is 0 Å². The standard InChI is InChI=1S/C13H30N2O4/c1-11(17)8-14(6-7-16)4-5-15(9-12(2)18)10-13(3)19/h11-13,16-19H,4-10H2,1-3H3. The van der Waals surface area contributed by atoms with Crippen molar-refractivity contribution in [1.82, 2.24) is 9.80 Å². The Labute approximate surface area is 116 Å². The van der Waals surface area contributed by atoms with Crippen molar-refractivity contribution in [2.75, 3.05) is 45.9 Å². The van der Waals surface area contributed by atoms with Crippen molar-refractivity contribution in [2.45, 2.75) is 39.1 Å². The Morgan fingerprint density at radius 3 is 1.42 bits per heavy atom. The van der Waals surface area contributed by atoms with Crippen LogP contribution in [0.15, 0.2) is 0 Å². The molecule has 0 saturated carbocycles. The van der Waals surface area contributed by atoms with E-state index >= 15 is 0 Å². The minimum atomic E-state index is -0.443. The maximum Gasteiger partial charge on any atom is 0.0639 e. The summed E-state index contributed by atoms with van der Waals surface area (Å²) in [6.45, 7) is 8.62. The fraction of sp³-hybridized carbons (Fsp3) is 1.00. The normalized spacial score (nSPS) is 16.9. The number of nitrogens with zero attached hydrogens (tertiary/aromatic N) is 2. The van der Waals surface area contributed by atoms with Gasteiger partial charge in [-0.1, -0.05) is 0 Å². The highest BCUT2D eigenvalue weighted by Crippen LogP contribution is 1.99. The van der Waals surface area contributed by atoms with E-state index in [0.717, 1.165) is 0 Å². The number of aliphatic hydroxyl groups excluding tert-OH is 4. The Hall–Kier alpha value is -0.240. The molecule has 0 aromatic heterocycles. The second kappa shape index (κ2) is 10.5. The fourth-order valence-corrected chi connectivity index (χ4v) is 2.10. The van der Waals surface area contributed by atoms with E-state index in [-0.39, 0.29) is 6.61 Å². The molecule has 0 heterocycles. The van der Waals surface area contributed by atoms with Crippen LogP contribution in [0.5, 0.6) is 0 Å². The molecule has 6 nitrogen and oxygen atoms in total. The minimum absolute atomic E-state index is 0.0551. The lowest BCUT2D eigenvalue weighted by Crippen LogP contribution is -2.43. The first-order valence-corrected chi connectivity index (χ1v) is 6.94. The lowest BCUT2D eigenvalue weighted by molar-refractivity contribution is 0.0643. The average Bonchev–Trinajstić information content (AvgIpc) is 2.23. The van der Waals surface area contributed by atoms with Gasteiger partial charge in [-0.25, -0.2) is 0 Å². The van der Waals surface area contributed by atoms with Crippen LogP contribution in [-0.4, -0.2) is 94.4 Å². The number of rotatable bonds is 11. The molecule has 3 atom stereocenters. The zero-order valence-corrected chi connectivity index (χ0v) is 12.4. The summed E-state index contributed by atoms with van der Waals surface area (Å²) >= 11 is 0. The van der Waals surface area contributed by atoms with E-state index in [1.54, 1.807) is 20.8 Å². The summed E-state index contributed by atoms with van der Waals surface area (Å²) in [6, 6.07) is 0. The Morgan fingerprint density at radius 1 is 0.684 bits per heavy atom. The Balaban J connectivity index is 4.22. The van der Waals surface area contributed by atoms with Gasteiger partial charge < -0.3 is 20.4 Å². The maximum atomic E-state index is 9.43. The van der Waals surface area contributed by atoms with Crippen molar-refractivity contribution >= 4 is 0 Å². The third-order valence-corrected chi connectivity index (χ3v) is 2.72. The fourth-order valence-electron chi connectivity index (χ4n) is 2.10. The van der Waals surface area contributed by atoms with Crippen LogP contribution in [0, 0.1) is 0 Å². The molecule has 0 rings (SSSR count). The molecule has 0 fully saturated rings. The Bertz CT molecular complexity index is 203. The molecule has 0 aromatic carbocycles. The van der Waals surface area contributed by atoms with Gasteiger partial charge in [0.15, 0.2) is 0 Å². The van der Waals surface area contributed by atoms with E-state index in [2.05, 4.69) is 0 Å². The Kier molecular flexibility index (Phi) is 10.4. The molecule has 0 aromatic rings. The van der Waals surface area contributed by atoms with E-state index < -0.39 is 18.3 Å². The monoisotopic (exact) mass is 278 g/mol. The molecule has 0 saturated heterocycles. The molecule has 0 aliphatic rings. The van der Waals surface area contributed by atoms with Gasteiger partial charge in [0.2, 0.25) is 0 Å². The van der Waals surface area contributed by atoms with Crippen LogP contribution in [0.3, 0.4) is 0 Å². The van der Waals surface area contributed by atoms with Crippen LogP contribution in [0.4, 0.5) is 0 Å². The van der Waals surface area contributed by atoms with Gasteiger partial charge in [0.1, 0.15) is 0 Å². The zero-order valence-electron chi connectivity index (χ0n) is 12.4. The van der Waals surface area contributed by atoms with Crippen molar-refractivity contribution < 1.29 is 20.4 Å². The van der Waals surface area contributed by atoms with E-state index in [9.17, 15) is 15.3 Å². The molecule has 3 unspecified atom stereocenters. The summed E-state index contributed by atoms with van der Waals surface area (Å²) < 4.78 is 0. The first-order valence-electron chi connectivity index (χ1n) is 6.94. The summed E-state index contributed by atoms with van der Waals surface area (Å²) in [5, 5.41) is 37.2. The van der Waals surface area contributed by atoms with Gasteiger partial charge in [0.05, 0.1) is 24.9 Å². The molecular weight excluding hydrogens is 248 g/mol. The van der Waals surface area contributed by atoms with Crippen molar-refractivity contribution in [3.8, 4) is 0 Å². The average molecular weight is 278 g/mol. The molecule has 4 N–H and O–H groups in total. The molecular formula is C13H30N2O4. The summed E-state index contributed by atoms with van der Waals surface area (Å²) in [7, 11) is 0. The number of aliphatic hydroxyl groups is 4. The molecule has 0 radical (unpaired) electrons. The third kappa shape index (κ3) is 11.3. The van der Waals surface area contributed by atoms with Gasteiger partial charge in [-0.15, -0.1) is 0 Å². The lowest BCUT2D eigenvalue weighted by atomic mass is 10.3. The van der Waals surface area contributed by atoms with Gasteiger partial charge in [-0.2, -0.15) is 0 Å². The van der Waals surface area contributed by atoms with E-state index in [0.29, 0.717) is 39.3 Å². The van der Waals surface area contributed by atoms with Gasteiger partial charge in [-0.3, -0.25) is 9.80 Å². The van der Waals surface area contributed by atoms with Crippen LogP contribution in [0.2, 0.25) is 0 Å². The van der Waals surface area contributed by atoms with Crippen molar-refractivity contribution in [3.63, 3.8) is 0 Å². The molecule has 116 valence electrons. The largest absolute Gasteiger partial charge is 0.395 e. The maximum absolute atomic E-state index is 9.43. The van der Waals surface area contributed by atoms with Crippen molar-refractivity contribution in [2.24, 2.45) is 0 Å². The molecule has 0 amide bonds. The molecule has 6 heteroatoms. The van der Waals surface area contributed by atoms with Crippen LogP contribution in [0.25, 0.3) is 0 Å². The lowest BCUT2D eigenvalue weighted by Gasteiger charge is -2.29. The SMILES string of the molecule is CC(O)CN(CCO)CCN(CC(C)O)CC(C)O. The highest BCUT2D eigenvalue weighted by molar-refractivity contribution is 4.69. The predicted octanol–water partition coefficient (Wildman–Crippen LogP) is -1.27. The molecule has 0 bridgehead atoms. The second-order valence-corrected chi connectivity index (χ2v) is 5.33. The zero-order chi connectivity index (χ0) is 14.8. The first kappa shape index (κ1) is 18.8. The minimum Gasteiger partial charge on any atom is -0.395 e. The van der Waals surface area contributed by atoms with Crippen molar-refractivity contribution in [1.29, 1.82) is 0 Å². The Morgan fingerprint density at radius 2 is 1.05 bits per heavy atom. The van der Waals surface area contributed by atoms with Crippen molar-refractivity contribution in [3.05, 3.63) is 0 Å². The molecule has 19 heavy (non-hydrogen) atoms. The number of hydrogen-bond acceptors (Lipinski definition) is 6. The van der Waals surface area contributed by atoms with Crippen LogP contribution >= 0.6 is 0 Å². The molecule has 0 spiro atoms. The first-order chi connectivity index (χ1) is 8.85. The summed E-state index contributed by atoms with van der Waals surface area (Å²) in [4.78, 5) is 3.96. The summed E-state index contributed by atoms with van der Waals surface area (Å²) in [5.41, 5.74) is 0. The van der Waals surface area contributed by atoms with Gasteiger partial charge in [0, 0.05) is 39.3 Å². The highest BCUT2D eigenvalue weighted by Gasteiger charge is 2.14. The predicted molar refractivity (Wildman–Crippen MR) is 75.0 cm³/mol. The smallest absolute Gasteiger partial charge is 0.0639 e. The number of hydrogen-bond donors (Lipinski definition) is 4. The molecule has 0 aliphatic heterocycles. The van der Waals surface area contributed by atoms with E-state index in [4.69, 9.17) is 5.11 Å².